The smallest absolute Gasteiger partial charge is 0.264 e. The molecule has 206 valence electrons. The summed E-state index contributed by atoms with van der Waals surface area (Å²) in [6, 6.07) is 3.84. The van der Waals surface area contributed by atoms with Crippen LogP contribution in [0.5, 0.6) is 0 Å². The summed E-state index contributed by atoms with van der Waals surface area (Å²) in [5.41, 5.74) is 0.633. The molecule has 1 aromatic heterocycles. The van der Waals surface area contributed by atoms with Crippen molar-refractivity contribution in [3.8, 4) is 0 Å². The Bertz CT molecular complexity index is 825. The first-order valence-electron chi connectivity index (χ1n) is 13.9. The number of pyridine rings is 1. The van der Waals surface area contributed by atoms with Crippen molar-refractivity contribution in [3.05, 3.63) is 23.9 Å². The van der Waals surface area contributed by atoms with Crippen LogP contribution in [0.3, 0.4) is 0 Å². The maximum Gasteiger partial charge on any atom is 0.264 e. The van der Waals surface area contributed by atoms with Crippen LogP contribution in [0.15, 0.2) is 18.3 Å². The molecule has 8 nitrogen and oxygen atoms in total. The molecule has 9 heteroatoms. The minimum absolute atomic E-state index is 0.0327. The number of anilines is 1. The summed E-state index contributed by atoms with van der Waals surface area (Å²) in [5.74, 6) is 0.920. The molecule has 1 saturated heterocycles. The molecule has 0 unspecified atom stereocenters. The molecule has 2 rings (SSSR count). The van der Waals surface area contributed by atoms with E-state index < -0.39 is 10.1 Å². The predicted octanol–water partition coefficient (Wildman–Crippen LogP) is 4.61. The Hall–Kier alpha value is -1.71. The largest absolute Gasteiger partial charge is 0.354 e. The van der Waals surface area contributed by atoms with E-state index in [-0.39, 0.29) is 5.91 Å². The van der Waals surface area contributed by atoms with E-state index >= 15 is 0 Å². The average Bonchev–Trinajstić information content (AvgIpc) is 2.85. The lowest BCUT2D eigenvalue weighted by Crippen LogP contribution is -2.44. The molecular formula is C27H48N4O4S. The third kappa shape index (κ3) is 14.1. The first-order chi connectivity index (χ1) is 17.3. The molecule has 0 aliphatic carbocycles. The van der Waals surface area contributed by atoms with Gasteiger partial charge in [0.15, 0.2) is 0 Å². The van der Waals surface area contributed by atoms with E-state index in [4.69, 9.17) is 4.18 Å². The summed E-state index contributed by atoms with van der Waals surface area (Å²) in [6.45, 7) is 5.07. The SMILES string of the molecule is CN1CCN(c2ccc(C(=O)NCCCCCCCCCCCCCCCOS(C)(=O)=O)cn2)CC1. The first kappa shape index (κ1) is 30.5. The first-order valence-corrected chi connectivity index (χ1v) is 15.7. The van der Waals surface area contributed by atoms with Gasteiger partial charge in [-0.1, -0.05) is 70.6 Å². The van der Waals surface area contributed by atoms with Crippen LogP contribution in [-0.4, -0.2) is 76.8 Å². The van der Waals surface area contributed by atoms with Gasteiger partial charge in [0.25, 0.3) is 16.0 Å². The molecule has 0 spiro atoms. The Morgan fingerprint density at radius 3 is 1.89 bits per heavy atom. The highest BCUT2D eigenvalue weighted by Gasteiger charge is 2.15. The predicted molar refractivity (Wildman–Crippen MR) is 147 cm³/mol. The number of amides is 1. The van der Waals surface area contributed by atoms with Gasteiger partial charge in [-0.15, -0.1) is 0 Å². The van der Waals surface area contributed by atoms with Crippen molar-refractivity contribution >= 4 is 21.8 Å². The zero-order valence-electron chi connectivity index (χ0n) is 22.5. The monoisotopic (exact) mass is 524 g/mol. The number of carbonyl (C=O) groups excluding carboxylic acids is 1. The second-order valence-corrected chi connectivity index (χ2v) is 11.7. The highest BCUT2D eigenvalue weighted by molar-refractivity contribution is 7.85. The van der Waals surface area contributed by atoms with E-state index in [2.05, 4.69) is 27.1 Å². The number of likely N-dealkylation sites (N-methyl/N-ethyl adjacent to an activating group) is 1. The van der Waals surface area contributed by atoms with Gasteiger partial charge < -0.3 is 15.1 Å². The van der Waals surface area contributed by atoms with E-state index in [1.54, 1.807) is 6.20 Å². The van der Waals surface area contributed by atoms with Crippen molar-refractivity contribution in [2.75, 3.05) is 57.5 Å². The van der Waals surface area contributed by atoms with Gasteiger partial charge in [-0.05, 0) is 32.0 Å². The lowest BCUT2D eigenvalue weighted by molar-refractivity contribution is 0.0952. The molecule has 1 N–H and O–H groups in total. The molecule has 1 amide bonds. The normalized spacial score (nSPS) is 14.8. The van der Waals surface area contributed by atoms with Gasteiger partial charge in [-0.25, -0.2) is 4.98 Å². The zero-order valence-corrected chi connectivity index (χ0v) is 23.4. The summed E-state index contributed by atoms with van der Waals surface area (Å²) in [6.07, 6.45) is 18.2. The van der Waals surface area contributed by atoms with Gasteiger partial charge in [0.05, 0.1) is 18.4 Å². The highest BCUT2D eigenvalue weighted by Crippen LogP contribution is 2.14. The van der Waals surface area contributed by atoms with Crippen LogP contribution >= 0.6 is 0 Å². The molecule has 36 heavy (non-hydrogen) atoms. The van der Waals surface area contributed by atoms with Crippen LogP contribution in [0.1, 0.15) is 93.8 Å². The van der Waals surface area contributed by atoms with Crippen LogP contribution in [0, 0.1) is 0 Å². The molecule has 2 heterocycles. The molecule has 1 aromatic rings. The minimum atomic E-state index is -3.28. The fourth-order valence-corrected chi connectivity index (χ4v) is 4.85. The van der Waals surface area contributed by atoms with Crippen molar-refractivity contribution in [3.63, 3.8) is 0 Å². The lowest BCUT2D eigenvalue weighted by atomic mass is 10.0. The summed E-state index contributed by atoms with van der Waals surface area (Å²) in [5, 5.41) is 3.02. The van der Waals surface area contributed by atoms with Gasteiger partial charge in [-0.3, -0.25) is 8.98 Å². The summed E-state index contributed by atoms with van der Waals surface area (Å²) >= 11 is 0. The molecule has 0 saturated carbocycles. The third-order valence-electron chi connectivity index (χ3n) is 6.74. The molecule has 0 atom stereocenters. The fraction of sp³-hybridized carbons (Fsp3) is 0.778. The van der Waals surface area contributed by atoms with E-state index in [0.717, 1.165) is 76.9 Å². The number of piperazine rings is 1. The number of nitrogens with zero attached hydrogens (tertiary/aromatic N) is 3. The molecule has 1 aliphatic heterocycles. The zero-order chi connectivity index (χ0) is 26.1. The van der Waals surface area contributed by atoms with E-state index in [1.165, 1.54) is 51.4 Å². The topological polar surface area (TPSA) is 91.8 Å². The van der Waals surface area contributed by atoms with Crippen molar-refractivity contribution in [2.24, 2.45) is 0 Å². The maximum absolute atomic E-state index is 12.4. The second-order valence-electron chi connectivity index (χ2n) is 10.1. The lowest BCUT2D eigenvalue weighted by Gasteiger charge is -2.33. The molecular weight excluding hydrogens is 476 g/mol. The Labute approximate surface area is 219 Å². The van der Waals surface area contributed by atoms with E-state index in [0.29, 0.717) is 12.2 Å². The fourth-order valence-electron chi connectivity index (χ4n) is 4.43. The number of unbranched alkanes of at least 4 members (excludes halogenated alkanes) is 12. The Balaban J connectivity index is 1.36. The molecule has 0 aromatic carbocycles. The number of hydrogen-bond acceptors (Lipinski definition) is 7. The van der Waals surface area contributed by atoms with Crippen LogP contribution in [0.25, 0.3) is 0 Å². The molecule has 1 aliphatic rings. The summed E-state index contributed by atoms with van der Waals surface area (Å²) < 4.78 is 26.5. The minimum Gasteiger partial charge on any atom is -0.354 e. The number of rotatable bonds is 19. The molecule has 1 fully saturated rings. The Morgan fingerprint density at radius 2 is 1.39 bits per heavy atom. The van der Waals surface area contributed by atoms with Crippen LogP contribution in [0.2, 0.25) is 0 Å². The van der Waals surface area contributed by atoms with Gasteiger partial charge in [-0.2, -0.15) is 8.42 Å². The number of aromatic nitrogens is 1. The second kappa shape index (κ2) is 17.7. The maximum atomic E-state index is 12.4. The van der Waals surface area contributed by atoms with Crippen molar-refractivity contribution < 1.29 is 17.4 Å². The number of nitrogens with one attached hydrogen (secondary N) is 1. The van der Waals surface area contributed by atoms with Gasteiger partial charge >= 0.3 is 0 Å². The number of carbonyl (C=O) groups is 1. The van der Waals surface area contributed by atoms with Crippen molar-refractivity contribution in [1.82, 2.24) is 15.2 Å². The summed E-state index contributed by atoms with van der Waals surface area (Å²) in [4.78, 5) is 21.5. The van der Waals surface area contributed by atoms with E-state index in [9.17, 15) is 13.2 Å². The van der Waals surface area contributed by atoms with Gasteiger partial charge in [0, 0.05) is 38.9 Å². The van der Waals surface area contributed by atoms with Gasteiger partial charge in [0.2, 0.25) is 0 Å². The highest BCUT2D eigenvalue weighted by atomic mass is 32.2. The third-order valence-corrected chi connectivity index (χ3v) is 7.34. The Morgan fingerprint density at radius 1 is 0.861 bits per heavy atom. The quantitative estimate of drug-likeness (QED) is 0.209. The Kier molecular flexibility index (Phi) is 15.0. The summed E-state index contributed by atoms with van der Waals surface area (Å²) in [7, 11) is -1.15. The van der Waals surface area contributed by atoms with Gasteiger partial charge in [0.1, 0.15) is 5.82 Å². The van der Waals surface area contributed by atoms with E-state index in [1.807, 2.05) is 12.1 Å². The van der Waals surface area contributed by atoms with Crippen LogP contribution in [-0.2, 0) is 14.3 Å². The molecule has 0 bridgehead atoms. The van der Waals surface area contributed by atoms with Crippen molar-refractivity contribution in [2.45, 2.75) is 83.5 Å². The van der Waals surface area contributed by atoms with Crippen molar-refractivity contribution in [1.29, 1.82) is 0 Å². The standard InChI is InChI=1S/C27H48N4O4S/c1-30-19-21-31(22-20-30)26-17-16-25(24-29-26)27(32)28-18-14-12-10-8-6-4-3-5-7-9-11-13-15-23-35-36(2,33)34/h16-17,24H,3-15,18-23H2,1-2H3,(H,28,32). The molecule has 0 radical (unpaired) electrons. The average molecular weight is 525 g/mol. The van der Waals surface area contributed by atoms with Crippen LogP contribution in [0.4, 0.5) is 5.82 Å². The number of hydrogen-bond donors (Lipinski definition) is 1. The van der Waals surface area contributed by atoms with Crippen LogP contribution < -0.4 is 10.2 Å².